The van der Waals surface area contributed by atoms with Crippen molar-refractivity contribution in [2.75, 3.05) is 0 Å². The summed E-state index contributed by atoms with van der Waals surface area (Å²) in [4.78, 5) is 15.8. The molecule has 11 aromatic rings. The SMILES string of the molecule is c1ccc(-c2ccc(-c3cc(-c4ccc5c(c4)nc(-c4ccccc4)c4c5ccc5c4c4ccccc4n5-c4ccccc4)nc(-c4ccccc4)n3)cc2)cc1. The lowest BCUT2D eigenvalue weighted by Crippen LogP contribution is -1.97. The molecule has 0 aliphatic heterocycles. The zero-order chi connectivity index (χ0) is 37.7. The molecule has 0 spiro atoms. The van der Waals surface area contributed by atoms with E-state index in [4.69, 9.17) is 15.0 Å². The summed E-state index contributed by atoms with van der Waals surface area (Å²) in [6.45, 7) is 0. The van der Waals surface area contributed by atoms with Gasteiger partial charge in [-0.05, 0) is 52.9 Å². The van der Waals surface area contributed by atoms with Crippen LogP contribution in [0.5, 0.6) is 0 Å². The fraction of sp³-hybridized carbons (Fsp3) is 0. The monoisotopic (exact) mass is 726 g/mol. The molecule has 57 heavy (non-hydrogen) atoms. The van der Waals surface area contributed by atoms with Gasteiger partial charge in [-0.3, -0.25) is 0 Å². The molecule has 0 bridgehead atoms. The van der Waals surface area contributed by atoms with Gasteiger partial charge in [0.25, 0.3) is 0 Å². The molecule has 0 saturated carbocycles. The Morgan fingerprint density at radius 2 is 0.860 bits per heavy atom. The average Bonchev–Trinajstić information content (AvgIpc) is 3.64. The molecule has 0 amide bonds. The van der Waals surface area contributed by atoms with Gasteiger partial charge in [-0.15, -0.1) is 0 Å². The fourth-order valence-corrected chi connectivity index (χ4v) is 8.30. The Hall–Kier alpha value is -7.69. The van der Waals surface area contributed by atoms with E-state index < -0.39 is 0 Å². The maximum Gasteiger partial charge on any atom is 0.160 e. The van der Waals surface area contributed by atoms with Crippen molar-refractivity contribution in [3.63, 3.8) is 0 Å². The second-order valence-corrected chi connectivity index (χ2v) is 14.4. The van der Waals surface area contributed by atoms with Crippen LogP contribution in [0.2, 0.25) is 0 Å². The lowest BCUT2D eigenvalue weighted by molar-refractivity contribution is 1.18. The van der Waals surface area contributed by atoms with Crippen molar-refractivity contribution < 1.29 is 0 Å². The first-order valence-corrected chi connectivity index (χ1v) is 19.3. The van der Waals surface area contributed by atoms with Crippen LogP contribution in [0.1, 0.15) is 0 Å². The van der Waals surface area contributed by atoms with Crippen molar-refractivity contribution in [2.45, 2.75) is 0 Å². The van der Waals surface area contributed by atoms with Crippen molar-refractivity contribution in [1.29, 1.82) is 0 Å². The topological polar surface area (TPSA) is 43.6 Å². The minimum Gasteiger partial charge on any atom is -0.309 e. The molecule has 11 rings (SSSR count). The van der Waals surface area contributed by atoms with Gasteiger partial charge in [0.15, 0.2) is 5.82 Å². The van der Waals surface area contributed by atoms with Gasteiger partial charge in [-0.2, -0.15) is 0 Å². The predicted octanol–water partition coefficient (Wildman–Crippen LogP) is 13.6. The van der Waals surface area contributed by atoms with E-state index in [0.29, 0.717) is 5.82 Å². The normalized spacial score (nSPS) is 11.5. The maximum atomic E-state index is 5.55. The van der Waals surface area contributed by atoms with Gasteiger partial charge >= 0.3 is 0 Å². The Morgan fingerprint density at radius 1 is 0.316 bits per heavy atom. The third-order valence-corrected chi connectivity index (χ3v) is 11.0. The van der Waals surface area contributed by atoms with Gasteiger partial charge < -0.3 is 4.57 Å². The zero-order valence-electron chi connectivity index (χ0n) is 30.9. The second kappa shape index (κ2) is 13.6. The first-order chi connectivity index (χ1) is 28.3. The molecule has 0 aliphatic rings. The highest BCUT2D eigenvalue weighted by Crippen LogP contribution is 2.43. The minimum atomic E-state index is 0.684. The summed E-state index contributed by atoms with van der Waals surface area (Å²) in [5.74, 6) is 0.684. The maximum absolute atomic E-state index is 5.55. The van der Waals surface area contributed by atoms with E-state index in [2.05, 4.69) is 187 Å². The van der Waals surface area contributed by atoms with Crippen LogP contribution in [0.25, 0.3) is 105 Å². The van der Waals surface area contributed by atoms with Crippen molar-refractivity contribution in [3.8, 4) is 62.0 Å². The van der Waals surface area contributed by atoms with Crippen molar-refractivity contribution in [1.82, 2.24) is 19.5 Å². The second-order valence-electron chi connectivity index (χ2n) is 14.4. The van der Waals surface area contributed by atoms with Crippen LogP contribution in [-0.4, -0.2) is 19.5 Å². The minimum absolute atomic E-state index is 0.684. The molecule has 4 heteroatoms. The molecule has 8 aromatic carbocycles. The number of pyridine rings is 1. The van der Waals surface area contributed by atoms with Crippen LogP contribution in [0, 0.1) is 0 Å². The third kappa shape index (κ3) is 5.66. The van der Waals surface area contributed by atoms with Crippen molar-refractivity contribution in [3.05, 3.63) is 206 Å². The van der Waals surface area contributed by atoms with E-state index in [1.54, 1.807) is 0 Å². The van der Waals surface area contributed by atoms with Crippen LogP contribution >= 0.6 is 0 Å². The van der Waals surface area contributed by atoms with E-state index >= 15 is 0 Å². The van der Waals surface area contributed by atoms with Gasteiger partial charge in [0, 0.05) is 49.5 Å². The highest BCUT2D eigenvalue weighted by atomic mass is 15.0. The number of fused-ring (bicyclic) bond motifs is 7. The van der Waals surface area contributed by atoms with Crippen LogP contribution in [0.15, 0.2) is 206 Å². The molecule has 0 saturated heterocycles. The average molecular weight is 727 g/mol. The van der Waals surface area contributed by atoms with Crippen molar-refractivity contribution in [2.24, 2.45) is 0 Å². The molecular formula is C53H34N4. The number of nitrogens with zero attached hydrogens (tertiary/aromatic N) is 4. The summed E-state index contributed by atoms with van der Waals surface area (Å²) in [7, 11) is 0. The summed E-state index contributed by atoms with van der Waals surface area (Å²) in [6, 6.07) is 72.5. The first kappa shape index (κ1) is 32.7. The molecule has 0 N–H and O–H groups in total. The molecule has 266 valence electrons. The highest BCUT2D eigenvalue weighted by molar-refractivity contribution is 6.28. The molecule has 0 fully saturated rings. The Kier molecular flexibility index (Phi) is 7.78. The number of hydrogen-bond acceptors (Lipinski definition) is 3. The van der Waals surface area contributed by atoms with Gasteiger partial charge in [-0.25, -0.2) is 15.0 Å². The third-order valence-electron chi connectivity index (χ3n) is 11.0. The number of hydrogen-bond donors (Lipinski definition) is 0. The number of rotatable bonds is 6. The predicted molar refractivity (Wildman–Crippen MR) is 236 cm³/mol. The van der Waals surface area contributed by atoms with Crippen LogP contribution in [0.4, 0.5) is 0 Å². The van der Waals surface area contributed by atoms with Crippen molar-refractivity contribution >= 4 is 43.5 Å². The Balaban J connectivity index is 1.13. The summed E-state index contributed by atoms with van der Waals surface area (Å²) in [5, 5.41) is 5.83. The van der Waals surface area contributed by atoms with Gasteiger partial charge in [0.2, 0.25) is 0 Å². The zero-order valence-corrected chi connectivity index (χ0v) is 30.9. The van der Waals surface area contributed by atoms with E-state index in [1.807, 2.05) is 24.3 Å². The van der Waals surface area contributed by atoms with Gasteiger partial charge in [0.1, 0.15) is 0 Å². The summed E-state index contributed by atoms with van der Waals surface area (Å²) in [6.07, 6.45) is 0. The Bertz CT molecular complexity index is 3250. The van der Waals surface area contributed by atoms with Gasteiger partial charge in [-0.1, -0.05) is 170 Å². The lowest BCUT2D eigenvalue weighted by Gasteiger charge is -2.14. The molecule has 0 aliphatic carbocycles. The number of para-hydroxylation sites is 2. The van der Waals surface area contributed by atoms with E-state index in [1.165, 1.54) is 32.8 Å². The largest absolute Gasteiger partial charge is 0.309 e. The smallest absolute Gasteiger partial charge is 0.160 e. The fourth-order valence-electron chi connectivity index (χ4n) is 8.30. The van der Waals surface area contributed by atoms with E-state index in [-0.39, 0.29) is 0 Å². The molecule has 0 radical (unpaired) electrons. The number of benzene rings is 8. The summed E-state index contributed by atoms with van der Waals surface area (Å²) >= 11 is 0. The van der Waals surface area contributed by atoms with Crippen LogP contribution in [0.3, 0.4) is 0 Å². The molecule has 3 heterocycles. The quantitative estimate of drug-likeness (QED) is 0.160. The van der Waals surface area contributed by atoms with Crippen LogP contribution in [-0.2, 0) is 0 Å². The summed E-state index contributed by atoms with van der Waals surface area (Å²) in [5.41, 5.74) is 13.5. The highest BCUT2D eigenvalue weighted by Gasteiger charge is 2.20. The molecule has 3 aromatic heterocycles. The molecule has 4 nitrogen and oxygen atoms in total. The molecule has 0 unspecified atom stereocenters. The number of aromatic nitrogens is 4. The lowest BCUT2D eigenvalue weighted by atomic mass is 9.95. The van der Waals surface area contributed by atoms with Gasteiger partial charge in [0.05, 0.1) is 33.6 Å². The van der Waals surface area contributed by atoms with E-state index in [9.17, 15) is 0 Å². The molecular weight excluding hydrogens is 693 g/mol. The Labute approximate surface area is 330 Å². The molecule has 0 atom stereocenters. The summed E-state index contributed by atoms with van der Waals surface area (Å²) < 4.78 is 2.37. The Morgan fingerprint density at radius 3 is 1.58 bits per heavy atom. The van der Waals surface area contributed by atoms with E-state index in [0.717, 1.165) is 66.8 Å². The first-order valence-electron chi connectivity index (χ1n) is 19.3. The van der Waals surface area contributed by atoms with Crippen LogP contribution < -0.4 is 0 Å². The standard InChI is InChI=1S/C53H34N4/c1-5-15-35(16-6-1)36-25-27-37(28-26-36)45-34-46(56-53(55-45)39-19-9-3-10-20-39)40-29-30-42-43-31-32-49-50(51(43)52(54-47(42)33-40)38-17-7-2-8-18-38)44-23-13-14-24-48(44)57(49)41-21-11-4-12-22-41/h1-34H.